The number of nitrogens with zero attached hydrogens (tertiary/aromatic N) is 3. The number of rotatable bonds is 8. The average molecular weight is 300 g/mol. The van der Waals surface area contributed by atoms with Crippen molar-refractivity contribution in [3.63, 3.8) is 0 Å². The third-order valence-electron chi connectivity index (χ3n) is 2.04. The zero-order chi connectivity index (χ0) is 15.0. The lowest BCUT2D eigenvalue weighted by atomic mass is 10.5. The number of esters is 1. The standard InChI is InChI=1S/C12H20N4O3S/c1-5-13-10-14-11(19-8(2)3)16-12(15-10)20-7-6-9(17)18-4/h8H,5-7H2,1-4H3,(H,13,14,15,16). The SMILES string of the molecule is CCNc1nc(OC(C)C)nc(SCCC(=O)OC)n1. The van der Waals surface area contributed by atoms with E-state index in [-0.39, 0.29) is 18.1 Å². The molecule has 0 fully saturated rings. The smallest absolute Gasteiger partial charge is 0.322 e. The molecule has 0 amide bonds. The number of hydrogen-bond acceptors (Lipinski definition) is 8. The van der Waals surface area contributed by atoms with Gasteiger partial charge >= 0.3 is 12.0 Å². The molecule has 0 radical (unpaired) electrons. The molecule has 1 heterocycles. The Bertz CT molecular complexity index is 443. The highest BCUT2D eigenvalue weighted by atomic mass is 32.2. The Balaban J connectivity index is 2.72. The van der Waals surface area contributed by atoms with Gasteiger partial charge < -0.3 is 14.8 Å². The minimum absolute atomic E-state index is 0.0141. The van der Waals surface area contributed by atoms with E-state index in [0.29, 0.717) is 29.8 Å². The van der Waals surface area contributed by atoms with E-state index >= 15 is 0 Å². The number of aromatic nitrogens is 3. The summed E-state index contributed by atoms with van der Waals surface area (Å²) in [7, 11) is 1.37. The van der Waals surface area contributed by atoms with Crippen LogP contribution in [0.15, 0.2) is 5.16 Å². The van der Waals surface area contributed by atoms with Crippen LogP contribution in [0.4, 0.5) is 5.95 Å². The second kappa shape index (κ2) is 8.57. The lowest BCUT2D eigenvalue weighted by Gasteiger charge is -2.10. The van der Waals surface area contributed by atoms with Crippen molar-refractivity contribution in [3.05, 3.63) is 0 Å². The summed E-state index contributed by atoms with van der Waals surface area (Å²) in [6.45, 7) is 6.47. The number of nitrogens with one attached hydrogen (secondary N) is 1. The summed E-state index contributed by atoms with van der Waals surface area (Å²) in [6.07, 6.45) is 0.295. The number of anilines is 1. The van der Waals surface area contributed by atoms with Gasteiger partial charge in [0.2, 0.25) is 5.95 Å². The van der Waals surface area contributed by atoms with Gasteiger partial charge in [0.1, 0.15) is 0 Å². The molecule has 0 aliphatic carbocycles. The number of carbonyl (C=O) groups is 1. The monoisotopic (exact) mass is 300 g/mol. The maximum Gasteiger partial charge on any atom is 0.322 e. The lowest BCUT2D eigenvalue weighted by Crippen LogP contribution is -2.12. The van der Waals surface area contributed by atoms with Crippen LogP contribution in [0.5, 0.6) is 6.01 Å². The molecule has 20 heavy (non-hydrogen) atoms. The van der Waals surface area contributed by atoms with Crippen molar-refractivity contribution >= 4 is 23.7 Å². The predicted octanol–water partition coefficient (Wildman–Crippen LogP) is 1.75. The summed E-state index contributed by atoms with van der Waals surface area (Å²) >= 11 is 1.36. The van der Waals surface area contributed by atoms with Crippen molar-refractivity contribution in [2.75, 3.05) is 24.7 Å². The quantitative estimate of drug-likeness (QED) is 0.574. The molecule has 0 saturated heterocycles. The molecule has 1 aromatic heterocycles. The van der Waals surface area contributed by atoms with Crippen LogP contribution >= 0.6 is 11.8 Å². The van der Waals surface area contributed by atoms with E-state index in [9.17, 15) is 4.79 Å². The Morgan fingerprint density at radius 1 is 1.35 bits per heavy atom. The minimum Gasteiger partial charge on any atom is -0.469 e. The lowest BCUT2D eigenvalue weighted by molar-refractivity contribution is -0.140. The fraction of sp³-hybridized carbons (Fsp3) is 0.667. The highest BCUT2D eigenvalue weighted by Crippen LogP contribution is 2.19. The molecular formula is C12H20N4O3S. The third kappa shape index (κ3) is 6.05. The number of carbonyl (C=O) groups excluding carboxylic acids is 1. The van der Waals surface area contributed by atoms with E-state index in [2.05, 4.69) is 25.0 Å². The first-order chi connectivity index (χ1) is 9.55. The highest BCUT2D eigenvalue weighted by molar-refractivity contribution is 7.99. The summed E-state index contributed by atoms with van der Waals surface area (Å²) in [5.74, 6) is 0.763. The summed E-state index contributed by atoms with van der Waals surface area (Å²) in [6, 6.07) is 0.284. The second-order valence-corrected chi connectivity index (χ2v) is 5.16. The molecule has 0 saturated carbocycles. The molecule has 1 N–H and O–H groups in total. The van der Waals surface area contributed by atoms with Gasteiger partial charge in [0.05, 0.1) is 19.6 Å². The van der Waals surface area contributed by atoms with Gasteiger partial charge in [-0.1, -0.05) is 11.8 Å². The van der Waals surface area contributed by atoms with Crippen LogP contribution in [-0.2, 0) is 9.53 Å². The van der Waals surface area contributed by atoms with Crippen LogP contribution in [0.2, 0.25) is 0 Å². The van der Waals surface area contributed by atoms with Crippen molar-refractivity contribution in [2.45, 2.75) is 38.5 Å². The summed E-state index contributed by atoms with van der Waals surface area (Å²) < 4.78 is 10.1. The van der Waals surface area contributed by atoms with Gasteiger partial charge in [-0.3, -0.25) is 4.79 Å². The maximum atomic E-state index is 11.1. The zero-order valence-corrected chi connectivity index (χ0v) is 13.0. The Morgan fingerprint density at radius 3 is 2.70 bits per heavy atom. The number of hydrogen-bond donors (Lipinski definition) is 1. The fourth-order valence-corrected chi connectivity index (χ4v) is 1.98. The van der Waals surface area contributed by atoms with Crippen molar-refractivity contribution in [1.29, 1.82) is 0 Å². The van der Waals surface area contributed by atoms with Crippen LogP contribution in [0.25, 0.3) is 0 Å². The van der Waals surface area contributed by atoms with Crippen molar-refractivity contribution in [2.24, 2.45) is 0 Å². The van der Waals surface area contributed by atoms with Crippen LogP contribution in [0.1, 0.15) is 27.2 Å². The van der Waals surface area contributed by atoms with Gasteiger partial charge in [-0.05, 0) is 20.8 Å². The van der Waals surface area contributed by atoms with E-state index in [4.69, 9.17) is 4.74 Å². The Labute approximate surface area is 122 Å². The van der Waals surface area contributed by atoms with Gasteiger partial charge in [0.25, 0.3) is 0 Å². The molecule has 0 atom stereocenters. The van der Waals surface area contributed by atoms with Gasteiger partial charge in [0.15, 0.2) is 5.16 Å². The topological polar surface area (TPSA) is 86.2 Å². The third-order valence-corrected chi connectivity index (χ3v) is 2.88. The van der Waals surface area contributed by atoms with E-state index in [0.717, 1.165) is 0 Å². The number of thioether (sulfide) groups is 1. The van der Waals surface area contributed by atoms with Crippen molar-refractivity contribution < 1.29 is 14.3 Å². The van der Waals surface area contributed by atoms with Gasteiger partial charge in [0, 0.05) is 12.3 Å². The molecule has 0 spiro atoms. The van der Waals surface area contributed by atoms with Crippen molar-refractivity contribution in [3.8, 4) is 6.01 Å². The van der Waals surface area contributed by atoms with E-state index in [1.165, 1.54) is 18.9 Å². The molecule has 1 aromatic rings. The van der Waals surface area contributed by atoms with E-state index < -0.39 is 0 Å². The van der Waals surface area contributed by atoms with Crippen LogP contribution in [-0.4, -0.2) is 46.4 Å². The Morgan fingerprint density at radius 2 is 2.10 bits per heavy atom. The first-order valence-electron chi connectivity index (χ1n) is 6.41. The molecule has 1 rings (SSSR count). The first kappa shape index (κ1) is 16.5. The maximum absolute atomic E-state index is 11.1. The van der Waals surface area contributed by atoms with Gasteiger partial charge in [-0.2, -0.15) is 15.0 Å². The largest absolute Gasteiger partial charge is 0.469 e. The van der Waals surface area contributed by atoms with Crippen molar-refractivity contribution in [1.82, 2.24) is 15.0 Å². The molecule has 0 aromatic carbocycles. The second-order valence-electron chi connectivity index (χ2n) is 4.10. The van der Waals surface area contributed by atoms with E-state index in [1.54, 1.807) is 0 Å². The molecular weight excluding hydrogens is 280 g/mol. The molecule has 7 nitrogen and oxygen atoms in total. The fourth-order valence-electron chi connectivity index (χ4n) is 1.23. The molecule has 8 heteroatoms. The molecule has 112 valence electrons. The molecule has 0 bridgehead atoms. The zero-order valence-electron chi connectivity index (χ0n) is 12.2. The molecule has 0 aliphatic heterocycles. The summed E-state index contributed by atoms with van der Waals surface area (Å²) in [5, 5.41) is 3.55. The Hall–Kier alpha value is -1.57. The van der Waals surface area contributed by atoms with Gasteiger partial charge in [-0.15, -0.1) is 0 Å². The van der Waals surface area contributed by atoms with Crippen LogP contribution in [0, 0.1) is 0 Å². The van der Waals surface area contributed by atoms with Crippen LogP contribution in [0.3, 0.4) is 0 Å². The minimum atomic E-state index is -0.253. The normalized spacial score (nSPS) is 10.4. The van der Waals surface area contributed by atoms with Crippen LogP contribution < -0.4 is 10.1 Å². The number of ether oxygens (including phenoxy) is 2. The predicted molar refractivity (Wildman–Crippen MR) is 77.1 cm³/mol. The highest BCUT2D eigenvalue weighted by Gasteiger charge is 2.10. The van der Waals surface area contributed by atoms with Gasteiger partial charge in [-0.25, -0.2) is 0 Å². The molecule has 0 unspecified atom stereocenters. The molecule has 0 aliphatic rings. The summed E-state index contributed by atoms with van der Waals surface area (Å²) in [4.78, 5) is 23.7. The Kier molecular flexibility index (Phi) is 7.06. The first-order valence-corrected chi connectivity index (χ1v) is 7.40. The van der Waals surface area contributed by atoms with E-state index in [1.807, 2.05) is 20.8 Å². The average Bonchev–Trinajstić information content (AvgIpc) is 2.37. The number of methoxy groups -OCH3 is 1. The summed E-state index contributed by atoms with van der Waals surface area (Å²) in [5.41, 5.74) is 0.